The molecule has 2 aliphatic rings. The van der Waals surface area contributed by atoms with Gasteiger partial charge in [0.25, 0.3) is 0 Å². The van der Waals surface area contributed by atoms with E-state index in [0.29, 0.717) is 6.54 Å². The lowest BCUT2D eigenvalue weighted by molar-refractivity contribution is 0.0577. The van der Waals surface area contributed by atoms with Gasteiger partial charge in [0.2, 0.25) is 0 Å². The number of H-pyrrole nitrogens is 1. The van der Waals surface area contributed by atoms with Crippen molar-refractivity contribution in [1.82, 2.24) is 24.6 Å². The Bertz CT molecular complexity index is 988. The lowest BCUT2D eigenvalue weighted by Crippen LogP contribution is -2.47. The molecule has 0 amide bonds. The molecule has 0 atom stereocenters. The summed E-state index contributed by atoms with van der Waals surface area (Å²) in [6, 6.07) is 4.31. The zero-order chi connectivity index (χ0) is 20.0. The number of rotatable bonds is 6. The molecule has 0 unspecified atom stereocenters. The Balaban J connectivity index is 1.36. The molecule has 5 rings (SSSR count). The van der Waals surface area contributed by atoms with Crippen LogP contribution >= 0.6 is 0 Å². The smallest absolute Gasteiger partial charge is 0.139 e. The predicted octanol–water partition coefficient (Wildman–Crippen LogP) is 2.73. The molecule has 1 aliphatic heterocycles. The Hall–Kier alpha value is -2.38. The molecule has 1 aliphatic carbocycles. The normalized spacial score (nSPS) is 18.7. The fourth-order valence-corrected chi connectivity index (χ4v) is 4.27. The zero-order valence-electron chi connectivity index (χ0n) is 17.3. The van der Waals surface area contributed by atoms with Crippen LogP contribution in [0.2, 0.25) is 0 Å². The lowest BCUT2D eigenvalue weighted by Gasteiger charge is -2.36. The Morgan fingerprint density at radius 2 is 2.00 bits per heavy atom. The van der Waals surface area contributed by atoms with Crippen LogP contribution in [0.1, 0.15) is 26.7 Å². The van der Waals surface area contributed by atoms with Gasteiger partial charge < -0.3 is 15.0 Å². The van der Waals surface area contributed by atoms with E-state index in [1.165, 1.54) is 25.1 Å². The van der Waals surface area contributed by atoms with E-state index < -0.39 is 5.60 Å². The monoisotopic (exact) mass is 394 g/mol. The van der Waals surface area contributed by atoms with Crippen LogP contribution in [-0.4, -0.2) is 68.1 Å². The minimum absolute atomic E-state index is 0.460. The first-order valence-electron chi connectivity index (χ1n) is 10.6. The largest absolute Gasteiger partial charge is 0.389 e. The Morgan fingerprint density at radius 3 is 2.72 bits per heavy atom. The minimum atomic E-state index is -0.792. The highest BCUT2D eigenvalue weighted by atomic mass is 16.3. The first kappa shape index (κ1) is 18.6. The number of aromatic amines is 1. The third kappa shape index (κ3) is 4.16. The molecule has 3 aromatic rings. The molecule has 29 heavy (non-hydrogen) atoms. The standard InChI is InChI=1S/C22H30N6O/c1-22(2,29)15-28-14-17(12-24-28)19-11-18-20(5-6-23-21(18)25-19)27-9-7-26(8-10-27)13-16-3-4-16/h5-6,11-12,14,16,29H,3-4,7-10,13,15H2,1-2H3,(H,23,25). The van der Waals surface area contributed by atoms with Gasteiger partial charge in [-0.2, -0.15) is 5.10 Å². The molecule has 4 heterocycles. The van der Waals surface area contributed by atoms with E-state index in [1.54, 1.807) is 18.5 Å². The molecule has 0 aromatic carbocycles. The van der Waals surface area contributed by atoms with Crippen molar-refractivity contribution in [2.45, 2.75) is 38.8 Å². The van der Waals surface area contributed by atoms with Gasteiger partial charge in [-0.05, 0) is 44.7 Å². The maximum Gasteiger partial charge on any atom is 0.139 e. The van der Waals surface area contributed by atoms with Crippen LogP contribution in [-0.2, 0) is 6.54 Å². The summed E-state index contributed by atoms with van der Waals surface area (Å²) in [5, 5.41) is 15.6. The maximum atomic E-state index is 10.0. The molecular weight excluding hydrogens is 364 g/mol. The number of piperazine rings is 1. The molecule has 2 N–H and O–H groups in total. The molecule has 0 radical (unpaired) electrons. The quantitative estimate of drug-likeness (QED) is 0.673. The molecule has 1 saturated carbocycles. The fourth-order valence-electron chi connectivity index (χ4n) is 4.27. The number of aliphatic hydroxyl groups is 1. The van der Waals surface area contributed by atoms with Gasteiger partial charge in [0.05, 0.1) is 24.0 Å². The van der Waals surface area contributed by atoms with Crippen LogP contribution in [0.25, 0.3) is 22.3 Å². The Kier molecular flexibility index (Phi) is 4.59. The van der Waals surface area contributed by atoms with E-state index in [1.807, 2.05) is 18.6 Å². The van der Waals surface area contributed by atoms with Crippen molar-refractivity contribution < 1.29 is 5.11 Å². The summed E-state index contributed by atoms with van der Waals surface area (Å²) < 4.78 is 1.79. The van der Waals surface area contributed by atoms with E-state index in [9.17, 15) is 5.11 Å². The van der Waals surface area contributed by atoms with Crippen molar-refractivity contribution >= 4 is 16.7 Å². The zero-order valence-corrected chi connectivity index (χ0v) is 17.3. The number of hydrogen-bond donors (Lipinski definition) is 2. The Labute approximate surface area is 171 Å². The van der Waals surface area contributed by atoms with Crippen molar-refractivity contribution in [2.24, 2.45) is 5.92 Å². The van der Waals surface area contributed by atoms with Gasteiger partial charge in [-0.25, -0.2) is 4.98 Å². The predicted molar refractivity (Wildman–Crippen MR) is 115 cm³/mol. The molecule has 3 aromatic heterocycles. The molecular formula is C22H30N6O. The number of anilines is 1. The van der Waals surface area contributed by atoms with Crippen LogP contribution < -0.4 is 4.90 Å². The first-order chi connectivity index (χ1) is 13.9. The topological polar surface area (TPSA) is 73.2 Å². The minimum Gasteiger partial charge on any atom is -0.389 e. The van der Waals surface area contributed by atoms with Gasteiger partial charge in [0.15, 0.2) is 0 Å². The Morgan fingerprint density at radius 1 is 1.21 bits per heavy atom. The summed E-state index contributed by atoms with van der Waals surface area (Å²) >= 11 is 0. The van der Waals surface area contributed by atoms with Gasteiger partial charge in [-0.3, -0.25) is 9.58 Å². The summed E-state index contributed by atoms with van der Waals surface area (Å²) in [5.74, 6) is 0.957. The van der Waals surface area contributed by atoms with Crippen LogP contribution in [0, 0.1) is 5.92 Å². The highest BCUT2D eigenvalue weighted by Gasteiger charge is 2.27. The highest BCUT2D eigenvalue weighted by Crippen LogP contribution is 2.32. The van der Waals surface area contributed by atoms with E-state index in [4.69, 9.17) is 0 Å². The van der Waals surface area contributed by atoms with Crippen LogP contribution in [0.3, 0.4) is 0 Å². The van der Waals surface area contributed by atoms with Crippen molar-refractivity contribution in [1.29, 1.82) is 0 Å². The maximum absolute atomic E-state index is 10.0. The van der Waals surface area contributed by atoms with E-state index in [-0.39, 0.29) is 0 Å². The number of nitrogens with zero attached hydrogens (tertiary/aromatic N) is 5. The van der Waals surface area contributed by atoms with Crippen LogP contribution in [0.15, 0.2) is 30.7 Å². The highest BCUT2D eigenvalue weighted by molar-refractivity contribution is 5.93. The van der Waals surface area contributed by atoms with Crippen molar-refractivity contribution in [3.05, 3.63) is 30.7 Å². The van der Waals surface area contributed by atoms with Gasteiger partial charge in [-0.15, -0.1) is 0 Å². The second-order valence-electron chi connectivity index (χ2n) is 9.25. The fraction of sp³-hybridized carbons (Fsp3) is 0.545. The number of fused-ring (bicyclic) bond motifs is 1. The summed E-state index contributed by atoms with van der Waals surface area (Å²) in [5.41, 5.74) is 3.39. The SMILES string of the molecule is CC(C)(O)Cn1cc(-c2cc3c(N4CCN(CC5CC5)CC4)ccnc3[nH]2)cn1. The third-order valence-corrected chi connectivity index (χ3v) is 5.93. The summed E-state index contributed by atoms with van der Waals surface area (Å²) in [4.78, 5) is 13.1. The molecule has 7 nitrogen and oxygen atoms in total. The molecule has 154 valence electrons. The van der Waals surface area contributed by atoms with Gasteiger partial charge in [0, 0.05) is 61.8 Å². The molecule has 2 fully saturated rings. The van der Waals surface area contributed by atoms with Gasteiger partial charge >= 0.3 is 0 Å². The number of hydrogen-bond acceptors (Lipinski definition) is 5. The van der Waals surface area contributed by atoms with Gasteiger partial charge in [-0.1, -0.05) is 0 Å². The third-order valence-electron chi connectivity index (χ3n) is 5.93. The average molecular weight is 395 g/mol. The number of pyridine rings is 1. The summed E-state index contributed by atoms with van der Waals surface area (Å²) in [6.45, 7) is 9.73. The first-order valence-corrected chi connectivity index (χ1v) is 10.6. The second-order valence-corrected chi connectivity index (χ2v) is 9.25. The van der Waals surface area contributed by atoms with E-state index in [2.05, 4.69) is 37.0 Å². The molecule has 7 heteroatoms. The molecule has 0 bridgehead atoms. The van der Waals surface area contributed by atoms with E-state index >= 15 is 0 Å². The van der Waals surface area contributed by atoms with Crippen molar-refractivity contribution in [3.63, 3.8) is 0 Å². The second kappa shape index (κ2) is 7.15. The molecule has 0 spiro atoms. The van der Waals surface area contributed by atoms with Crippen molar-refractivity contribution in [2.75, 3.05) is 37.6 Å². The molecule has 1 saturated heterocycles. The summed E-state index contributed by atoms with van der Waals surface area (Å²) in [7, 11) is 0. The summed E-state index contributed by atoms with van der Waals surface area (Å²) in [6.07, 6.45) is 8.55. The lowest BCUT2D eigenvalue weighted by atomic mass is 10.1. The number of aromatic nitrogens is 4. The van der Waals surface area contributed by atoms with Gasteiger partial charge in [0.1, 0.15) is 5.65 Å². The van der Waals surface area contributed by atoms with Crippen LogP contribution in [0.4, 0.5) is 5.69 Å². The van der Waals surface area contributed by atoms with E-state index in [0.717, 1.165) is 54.4 Å². The average Bonchev–Trinajstić information content (AvgIpc) is 3.20. The van der Waals surface area contributed by atoms with Crippen molar-refractivity contribution in [3.8, 4) is 11.3 Å². The van der Waals surface area contributed by atoms with Crippen LogP contribution in [0.5, 0.6) is 0 Å². The number of nitrogens with one attached hydrogen (secondary N) is 1.